The lowest BCUT2D eigenvalue weighted by Crippen LogP contribution is -2.21. The largest absolute Gasteiger partial charge is 0.327 e. The number of halogens is 1. The van der Waals surface area contributed by atoms with Crippen molar-refractivity contribution in [2.24, 2.45) is 5.73 Å². The van der Waals surface area contributed by atoms with E-state index in [-0.39, 0.29) is 5.82 Å². The maximum absolute atomic E-state index is 13.1. The fraction of sp³-hybridized carbons (Fsp3) is 0.385. The molecule has 2 N–H and O–H groups in total. The van der Waals surface area contributed by atoms with Gasteiger partial charge in [0.2, 0.25) is 0 Å². The molecule has 1 atom stereocenters. The van der Waals surface area contributed by atoms with Crippen LogP contribution >= 0.6 is 0 Å². The second-order valence-corrected chi connectivity index (χ2v) is 4.23. The van der Waals surface area contributed by atoms with Crippen LogP contribution in [-0.2, 0) is 0 Å². The molecule has 1 aromatic carbocycles. The molecule has 80 valence electrons. The molecule has 15 heavy (non-hydrogen) atoms. The third-order valence-corrected chi connectivity index (χ3v) is 2.98. The first-order valence-corrected chi connectivity index (χ1v) is 5.38. The first kappa shape index (κ1) is 10.4. The average molecular weight is 205 g/mol. The fourth-order valence-corrected chi connectivity index (χ4v) is 1.96. The topological polar surface area (TPSA) is 26.0 Å². The average Bonchev–Trinajstić information content (AvgIpc) is 2.23. The van der Waals surface area contributed by atoms with Gasteiger partial charge in [0, 0.05) is 6.04 Å². The lowest BCUT2D eigenvalue weighted by Gasteiger charge is -2.18. The van der Waals surface area contributed by atoms with Crippen LogP contribution in [-0.4, -0.2) is 6.04 Å². The molecule has 1 aliphatic carbocycles. The highest BCUT2D eigenvalue weighted by Gasteiger charge is 2.12. The monoisotopic (exact) mass is 205 g/mol. The molecule has 2 heteroatoms. The van der Waals surface area contributed by atoms with Crippen LogP contribution in [0.4, 0.5) is 4.39 Å². The summed E-state index contributed by atoms with van der Waals surface area (Å²) in [5.74, 6) is -0.133. The third-order valence-electron chi connectivity index (χ3n) is 2.98. The number of rotatable bonds is 1. The van der Waals surface area contributed by atoms with Crippen LogP contribution in [0.25, 0.3) is 5.57 Å². The van der Waals surface area contributed by atoms with Crippen LogP contribution in [0.3, 0.4) is 0 Å². The summed E-state index contributed by atoms with van der Waals surface area (Å²) in [4.78, 5) is 0. The molecule has 0 radical (unpaired) electrons. The number of hydrogen-bond acceptors (Lipinski definition) is 1. The summed E-state index contributed by atoms with van der Waals surface area (Å²) < 4.78 is 13.1. The molecule has 0 aromatic heterocycles. The summed E-state index contributed by atoms with van der Waals surface area (Å²) in [7, 11) is 0. The molecule has 1 aliphatic rings. The summed E-state index contributed by atoms with van der Waals surface area (Å²) in [5.41, 5.74) is 8.98. The molecule has 0 saturated heterocycles. The Labute approximate surface area is 89.8 Å². The van der Waals surface area contributed by atoms with Gasteiger partial charge in [-0.1, -0.05) is 12.1 Å². The Bertz CT molecular complexity index is 396. The van der Waals surface area contributed by atoms with E-state index in [1.54, 1.807) is 13.0 Å². The highest BCUT2D eigenvalue weighted by atomic mass is 19.1. The van der Waals surface area contributed by atoms with Gasteiger partial charge >= 0.3 is 0 Å². The second-order valence-electron chi connectivity index (χ2n) is 4.23. The minimum atomic E-state index is -0.133. The van der Waals surface area contributed by atoms with Gasteiger partial charge in [-0.3, -0.25) is 0 Å². The van der Waals surface area contributed by atoms with E-state index in [4.69, 9.17) is 5.73 Å². The minimum absolute atomic E-state index is 0.133. The van der Waals surface area contributed by atoms with Crippen LogP contribution in [0, 0.1) is 12.7 Å². The van der Waals surface area contributed by atoms with Crippen molar-refractivity contribution in [3.05, 3.63) is 41.2 Å². The van der Waals surface area contributed by atoms with Gasteiger partial charge < -0.3 is 5.73 Å². The number of aryl methyl sites for hydroxylation is 1. The van der Waals surface area contributed by atoms with Crippen molar-refractivity contribution < 1.29 is 4.39 Å². The van der Waals surface area contributed by atoms with E-state index in [0.29, 0.717) is 11.6 Å². The number of benzene rings is 1. The molecule has 0 bridgehead atoms. The molecule has 0 heterocycles. The predicted molar refractivity (Wildman–Crippen MR) is 60.9 cm³/mol. The van der Waals surface area contributed by atoms with E-state index in [0.717, 1.165) is 24.8 Å². The van der Waals surface area contributed by atoms with Gasteiger partial charge in [-0.15, -0.1) is 0 Å². The first-order valence-electron chi connectivity index (χ1n) is 5.38. The van der Waals surface area contributed by atoms with E-state index < -0.39 is 0 Å². The van der Waals surface area contributed by atoms with Crippen LogP contribution < -0.4 is 5.73 Å². The number of hydrogen-bond donors (Lipinski definition) is 1. The Morgan fingerprint density at radius 2 is 2.20 bits per heavy atom. The van der Waals surface area contributed by atoms with Gasteiger partial charge in [-0.25, -0.2) is 4.39 Å². The minimum Gasteiger partial charge on any atom is -0.327 e. The van der Waals surface area contributed by atoms with Crippen molar-refractivity contribution in [3.63, 3.8) is 0 Å². The molecular weight excluding hydrogens is 189 g/mol. The van der Waals surface area contributed by atoms with E-state index in [9.17, 15) is 4.39 Å². The maximum atomic E-state index is 13.1. The normalized spacial score (nSPS) is 21.3. The van der Waals surface area contributed by atoms with Crippen LogP contribution in [0.2, 0.25) is 0 Å². The van der Waals surface area contributed by atoms with Crippen molar-refractivity contribution in [1.29, 1.82) is 0 Å². The Kier molecular flexibility index (Phi) is 2.87. The van der Waals surface area contributed by atoms with Gasteiger partial charge in [-0.05, 0) is 55.0 Å². The van der Waals surface area contributed by atoms with Crippen molar-refractivity contribution >= 4 is 5.57 Å². The molecule has 0 saturated carbocycles. The SMILES string of the molecule is Cc1cc(C2=CCC(N)CC2)ccc1F. The van der Waals surface area contributed by atoms with Gasteiger partial charge in [-0.2, -0.15) is 0 Å². The zero-order chi connectivity index (χ0) is 10.8. The number of allylic oxidation sites excluding steroid dienone is 1. The number of nitrogens with two attached hydrogens (primary N) is 1. The van der Waals surface area contributed by atoms with E-state index in [1.165, 1.54) is 5.57 Å². The summed E-state index contributed by atoms with van der Waals surface area (Å²) >= 11 is 0. The van der Waals surface area contributed by atoms with Crippen molar-refractivity contribution in [2.45, 2.75) is 32.2 Å². The molecule has 0 amide bonds. The van der Waals surface area contributed by atoms with Crippen molar-refractivity contribution in [2.75, 3.05) is 0 Å². The van der Waals surface area contributed by atoms with Gasteiger partial charge in [0.25, 0.3) is 0 Å². The standard InChI is InChI=1S/C13H16FN/c1-9-8-11(4-7-13(9)14)10-2-5-12(15)6-3-10/h2,4,7-8,12H,3,5-6,15H2,1H3. The Hall–Kier alpha value is -1.15. The van der Waals surface area contributed by atoms with Crippen LogP contribution in [0.15, 0.2) is 24.3 Å². The molecular formula is C13H16FN. The maximum Gasteiger partial charge on any atom is 0.126 e. The Balaban J connectivity index is 2.26. The zero-order valence-electron chi connectivity index (χ0n) is 8.96. The lowest BCUT2D eigenvalue weighted by atomic mass is 9.90. The third kappa shape index (κ3) is 2.26. The van der Waals surface area contributed by atoms with Crippen molar-refractivity contribution in [3.8, 4) is 0 Å². The van der Waals surface area contributed by atoms with E-state index in [2.05, 4.69) is 6.08 Å². The first-order chi connectivity index (χ1) is 7.16. The quantitative estimate of drug-likeness (QED) is 0.749. The molecule has 2 rings (SSSR count). The second kappa shape index (κ2) is 4.15. The highest BCUT2D eigenvalue weighted by molar-refractivity contribution is 5.66. The molecule has 1 unspecified atom stereocenters. The molecule has 0 spiro atoms. The summed E-state index contributed by atoms with van der Waals surface area (Å²) in [6.07, 6.45) is 5.15. The zero-order valence-corrected chi connectivity index (χ0v) is 8.96. The fourth-order valence-electron chi connectivity index (χ4n) is 1.96. The van der Waals surface area contributed by atoms with Gasteiger partial charge in [0.15, 0.2) is 0 Å². The molecule has 0 fully saturated rings. The molecule has 1 nitrogen and oxygen atoms in total. The smallest absolute Gasteiger partial charge is 0.126 e. The highest BCUT2D eigenvalue weighted by Crippen LogP contribution is 2.27. The Morgan fingerprint density at radius 3 is 2.80 bits per heavy atom. The van der Waals surface area contributed by atoms with Gasteiger partial charge in [0.05, 0.1) is 0 Å². The summed E-state index contributed by atoms with van der Waals surface area (Å²) in [6.45, 7) is 1.80. The van der Waals surface area contributed by atoms with Gasteiger partial charge in [0.1, 0.15) is 5.82 Å². The predicted octanol–water partition coefficient (Wildman–Crippen LogP) is 3.03. The van der Waals surface area contributed by atoms with Crippen molar-refractivity contribution in [1.82, 2.24) is 0 Å². The summed E-state index contributed by atoms with van der Waals surface area (Å²) in [5, 5.41) is 0. The summed E-state index contributed by atoms with van der Waals surface area (Å²) in [6, 6.07) is 5.61. The van der Waals surface area contributed by atoms with Crippen LogP contribution in [0.1, 0.15) is 30.4 Å². The van der Waals surface area contributed by atoms with E-state index >= 15 is 0 Å². The van der Waals surface area contributed by atoms with E-state index in [1.807, 2.05) is 12.1 Å². The Morgan fingerprint density at radius 1 is 1.40 bits per heavy atom. The van der Waals surface area contributed by atoms with Crippen LogP contribution in [0.5, 0.6) is 0 Å². The molecule has 0 aliphatic heterocycles. The lowest BCUT2D eigenvalue weighted by molar-refractivity contribution is 0.611. The molecule has 1 aromatic rings.